The van der Waals surface area contributed by atoms with Crippen molar-refractivity contribution in [1.29, 1.82) is 0 Å². The van der Waals surface area contributed by atoms with Crippen LogP contribution in [0.2, 0.25) is 0 Å². The molecule has 3 heteroatoms. The molecule has 0 radical (unpaired) electrons. The molecular weight excluding hydrogens is 236 g/mol. The Morgan fingerprint density at radius 2 is 2.11 bits per heavy atom. The molecule has 0 unspecified atom stereocenters. The summed E-state index contributed by atoms with van der Waals surface area (Å²) in [4.78, 5) is 16.4. The maximum atomic E-state index is 12.1. The van der Waals surface area contributed by atoms with Crippen molar-refractivity contribution in [1.82, 2.24) is 10.3 Å². The Hall–Kier alpha value is -2.34. The third kappa shape index (κ3) is 3.32. The molecule has 0 saturated heterocycles. The molecule has 2 rings (SSSR count). The molecule has 1 amide bonds. The highest BCUT2D eigenvalue weighted by molar-refractivity contribution is 6.05. The first-order valence-electron chi connectivity index (χ1n) is 6.38. The van der Waals surface area contributed by atoms with Gasteiger partial charge in [-0.2, -0.15) is 0 Å². The second-order valence-corrected chi connectivity index (χ2v) is 4.29. The zero-order valence-corrected chi connectivity index (χ0v) is 10.7. The number of para-hydroxylation sites is 1. The summed E-state index contributed by atoms with van der Waals surface area (Å²) in [6, 6.07) is 9.39. The summed E-state index contributed by atoms with van der Waals surface area (Å²) in [5.74, 6) is 2.53. The molecule has 0 fully saturated rings. The van der Waals surface area contributed by atoms with E-state index in [1.807, 2.05) is 24.3 Å². The monoisotopic (exact) mass is 252 g/mol. The van der Waals surface area contributed by atoms with Gasteiger partial charge in [0.1, 0.15) is 0 Å². The van der Waals surface area contributed by atoms with Crippen LogP contribution in [0.25, 0.3) is 10.9 Å². The predicted octanol–water partition coefficient (Wildman–Crippen LogP) is 2.77. The van der Waals surface area contributed by atoms with Crippen molar-refractivity contribution in [3.8, 4) is 12.3 Å². The Balaban J connectivity index is 2.03. The number of nitrogens with one attached hydrogen (secondary N) is 1. The van der Waals surface area contributed by atoms with E-state index in [2.05, 4.69) is 16.2 Å². The SMILES string of the molecule is C#CCCCCNC(=O)c1ccnc2ccccc12. The highest BCUT2D eigenvalue weighted by atomic mass is 16.1. The summed E-state index contributed by atoms with van der Waals surface area (Å²) in [6.07, 6.45) is 9.44. The van der Waals surface area contributed by atoms with E-state index in [4.69, 9.17) is 6.42 Å². The third-order valence-corrected chi connectivity index (χ3v) is 2.93. The van der Waals surface area contributed by atoms with Crippen LogP contribution >= 0.6 is 0 Å². The smallest absolute Gasteiger partial charge is 0.252 e. The van der Waals surface area contributed by atoms with Crippen LogP contribution in [0.1, 0.15) is 29.6 Å². The minimum absolute atomic E-state index is 0.0562. The van der Waals surface area contributed by atoms with Gasteiger partial charge in [0.05, 0.1) is 11.1 Å². The second-order valence-electron chi connectivity index (χ2n) is 4.29. The van der Waals surface area contributed by atoms with Crippen LogP contribution in [-0.4, -0.2) is 17.4 Å². The molecule has 1 aromatic heterocycles. The quantitative estimate of drug-likeness (QED) is 0.656. The summed E-state index contributed by atoms with van der Waals surface area (Å²) < 4.78 is 0. The van der Waals surface area contributed by atoms with Gasteiger partial charge in [0, 0.05) is 24.5 Å². The van der Waals surface area contributed by atoms with Crippen molar-refractivity contribution in [2.75, 3.05) is 6.54 Å². The molecule has 0 atom stereocenters. The van der Waals surface area contributed by atoms with E-state index in [0.717, 1.165) is 30.2 Å². The Morgan fingerprint density at radius 1 is 1.26 bits per heavy atom. The molecule has 19 heavy (non-hydrogen) atoms. The largest absolute Gasteiger partial charge is 0.352 e. The average Bonchev–Trinajstić information content (AvgIpc) is 2.46. The van der Waals surface area contributed by atoms with Gasteiger partial charge in [0.25, 0.3) is 5.91 Å². The van der Waals surface area contributed by atoms with Crippen LogP contribution in [-0.2, 0) is 0 Å². The number of rotatable bonds is 5. The van der Waals surface area contributed by atoms with Crippen molar-refractivity contribution in [3.63, 3.8) is 0 Å². The highest BCUT2D eigenvalue weighted by Crippen LogP contribution is 2.15. The van der Waals surface area contributed by atoms with Gasteiger partial charge in [-0.25, -0.2) is 0 Å². The molecule has 0 bridgehead atoms. The Labute approximate surface area is 113 Å². The van der Waals surface area contributed by atoms with Crippen molar-refractivity contribution in [3.05, 3.63) is 42.1 Å². The van der Waals surface area contributed by atoms with E-state index in [0.29, 0.717) is 12.1 Å². The molecule has 0 saturated carbocycles. The zero-order valence-electron chi connectivity index (χ0n) is 10.7. The summed E-state index contributed by atoms with van der Waals surface area (Å²) in [5, 5.41) is 3.80. The van der Waals surface area contributed by atoms with E-state index in [9.17, 15) is 4.79 Å². The summed E-state index contributed by atoms with van der Waals surface area (Å²) in [6.45, 7) is 0.650. The molecule has 1 N–H and O–H groups in total. The first kappa shape index (κ1) is 13.1. The number of hydrogen-bond donors (Lipinski definition) is 1. The van der Waals surface area contributed by atoms with Gasteiger partial charge in [-0.1, -0.05) is 18.2 Å². The third-order valence-electron chi connectivity index (χ3n) is 2.93. The van der Waals surface area contributed by atoms with E-state index < -0.39 is 0 Å². The number of unbranched alkanes of at least 4 members (excludes halogenated alkanes) is 2. The molecule has 0 aliphatic heterocycles. The van der Waals surface area contributed by atoms with Gasteiger partial charge in [-0.3, -0.25) is 9.78 Å². The molecule has 0 spiro atoms. The van der Waals surface area contributed by atoms with Crippen LogP contribution in [0.4, 0.5) is 0 Å². The van der Waals surface area contributed by atoms with Gasteiger partial charge in [-0.15, -0.1) is 12.3 Å². The van der Waals surface area contributed by atoms with Gasteiger partial charge < -0.3 is 5.32 Å². The van der Waals surface area contributed by atoms with Gasteiger partial charge in [0.15, 0.2) is 0 Å². The number of benzene rings is 1. The normalized spacial score (nSPS) is 10.1. The Kier molecular flexibility index (Phi) is 4.52. The predicted molar refractivity (Wildman–Crippen MR) is 76.8 cm³/mol. The fourth-order valence-corrected chi connectivity index (χ4v) is 1.94. The summed E-state index contributed by atoms with van der Waals surface area (Å²) >= 11 is 0. The first-order valence-corrected chi connectivity index (χ1v) is 6.38. The first-order chi connectivity index (χ1) is 9.33. The van der Waals surface area contributed by atoms with Crippen molar-refractivity contribution in [2.24, 2.45) is 0 Å². The molecule has 96 valence electrons. The molecule has 0 aliphatic carbocycles. The highest BCUT2D eigenvalue weighted by Gasteiger charge is 2.09. The number of pyridine rings is 1. The number of hydrogen-bond acceptors (Lipinski definition) is 2. The minimum Gasteiger partial charge on any atom is -0.352 e. The van der Waals surface area contributed by atoms with E-state index in [-0.39, 0.29) is 5.91 Å². The van der Waals surface area contributed by atoms with E-state index >= 15 is 0 Å². The van der Waals surface area contributed by atoms with Crippen LogP contribution in [0, 0.1) is 12.3 Å². The minimum atomic E-state index is -0.0562. The van der Waals surface area contributed by atoms with E-state index in [1.54, 1.807) is 12.3 Å². The number of nitrogens with zero attached hydrogens (tertiary/aromatic N) is 1. The van der Waals surface area contributed by atoms with Crippen LogP contribution in [0.3, 0.4) is 0 Å². The van der Waals surface area contributed by atoms with Crippen LogP contribution in [0.15, 0.2) is 36.5 Å². The molecule has 0 aliphatic rings. The van der Waals surface area contributed by atoms with Gasteiger partial charge in [0.2, 0.25) is 0 Å². The second kappa shape index (κ2) is 6.55. The molecular formula is C16H16N2O. The number of aromatic nitrogens is 1. The Morgan fingerprint density at radius 3 is 2.95 bits per heavy atom. The van der Waals surface area contributed by atoms with Gasteiger partial charge >= 0.3 is 0 Å². The lowest BCUT2D eigenvalue weighted by atomic mass is 10.1. The van der Waals surface area contributed by atoms with E-state index in [1.165, 1.54) is 0 Å². The fraction of sp³-hybridized carbons (Fsp3) is 0.250. The lowest BCUT2D eigenvalue weighted by Gasteiger charge is -2.07. The number of carbonyl (C=O) groups excluding carboxylic acids is 1. The summed E-state index contributed by atoms with van der Waals surface area (Å²) in [5.41, 5.74) is 1.50. The maximum absolute atomic E-state index is 12.1. The maximum Gasteiger partial charge on any atom is 0.252 e. The topological polar surface area (TPSA) is 42.0 Å². The Bertz CT molecular complexity index is 608. The summed E-state index contributed by atoms with van der Waals surface area (Å²) in [7, 11) is 0. The fourth-order valence-electron chi connectivity index (χ4n) is 1.94. The average molecular weight is 252 g/mol. The number of amides is 1. The van der Waals surface area contributed by atoms with Gasteiger partial charge in [-0.05, 0) is 25.0 Å². The zero-order chi connectivity index (χ0) is 13.5. The standard InChI is InChI=1S/C16H16N2O/c1-2-3-4-7-11-18-16(19)14-10-12-17-15-9-6-5-8-13(14)15/h1,5-6,8-10,12H,3-4,7,11H2,(H,18,19). The lowest BCUT2D eigenvalue weighted by Crippen LogP contribution is -2.24. The molecule has 2 aromatic rings. The molecule has 3 nitrogen and oxygen atoms in total. The van der Waals surface area contributed by atoms with Crippen LogP contribution < -0.4 is 5.32 Å². The molecule has 1 heterocycles. The van der Waals surface area contributed by atoms with Crippen LogP contribution in [0.5, 0.6) is 0 Å². The van der Waals surface area contributed by atoms with Crippen molar-refractivity contribution >= 4 is 16.8 Å². The lowest BCUT2D eigenvalue weighted by molar-refractivity contribution is 0.0954. The number of fused-ring (bicyclic) bond motifs is 1. The van der Waals surface area contributed by atoms with Crippen molar-refractivity contribution in [2.45, 2.75) is 19.3 Å². The number of terminal acetylenes is 1. The molecule has 1 aromatic carbocycles. The number of carbonyl (C=O) groups is 1. The van der Waals surface area contributed by atoms with Crippen molar-refractivity contribution < 1.29 is 4.79 Å².